The van der Waals surface area contributed by atoms with Crippen molar-refractivity contribution >= 4 is 5.91 Å². The number of benzene rings is 1. The summed E-state index contributed by atoms with van der Waals surface area (Å²) in [6.07, 6.45) is 2.32. The second-order valence-electron chi connectivity index (χ2n) is 4.93. The Morgan fingerprint density at radius 3 is 2.63 bits per heavy atom. The summed E-state index contributed by atoms with van der Waals surface area (Å²) in [5.74, 6) is 0.112. The number of nitrogens with zero attached hydrogens (tertiary/aromatic N) is 1. The van der Waals surface area contributed by atoms with E-state index in [0.29, 0.717) is 13.1 Å². The minimum absolute atomic E-state index is 0.112. The van der Waals surface area contributed by atoms with Crippen LogP contribution in [0.1, 0.15) is 37.8 Å². The summed E-state index contributed by atoms with van der Waals surface area (Å²) < 4.78 is 0. The molecule has 0 saturated heterocycles. The highest BCUT2D eigenvalue weighted by atomic mass is 16.2. The molecule has 1 aromatic rings. The van der Waals surface area contributed by atoms with Gasteiger partial charge in [0.2, 0.25) is 5.91 Å². The van der Waals surface area contributed by atoms with E-state index in [1.54, 1.807) is 0 Å². The van der Waals surface area contributed by atoms with Gasteiger partial charge in [0.05, 0.1) is 6.54 Å². The number of nitrogens with one attached hydrogen (secondary N) is 1. The normalized spacial score (nSPS) is 10.7. The minimum Gasteiger partial charge on any atom is -0.351 e. The van der Waals surface area contributed by atoms with Gasteiger partial charge in [-0.25, -0.2) is 0 Å². The number of hydrogen-bond donors (Lipinski definition) is 1. The second-order valence-corrected chi connectivity index (χ2v) is 4.93. The van der Waals surface area contributed by atoms with Crippen molar-refractivity contribution in [3.8, 4) is 0 Å². The molecular weight excluding hydrogens is 236 g/mol. The fourth-order valence-electron chi connectivity index (χ4n) is 1.99. The van der Waals surface area contributed by atoms with Crippen molar-refractivity contribution in [3.63, 3.8) is 0 Å². The molecular formula is C16H26N2O. The van der Waals surface area contributed by atoms with Crippen LogP contribution in [0.5, 0.6) is 0 Å². The summed E-state index contributed by atoms with van der Waals surface area (Å²) in [5.41, 5.74) is 2.41. The first kappa shape index (κ1) is 15.7. The Labute approximate surface area is 117 Å². The molecule has 1 amide bonds. The Morgan fingerprint density at radius 1 is 1.26 bits per heavy atom. The average molecular weight is 262 g/mol. The number of rotatable bonds is 8. The van der Waals surface area contributed by atoms with Crippen LogP contribution in [0.3, 0.4) is 0 Å². The van der Waals surface area contributed by atoms with Crippen LogP contribution in [-0.2, 0) is 11.3 Å². The summed E-state index contributed by atoms with van der Waals surface area (Å²) in [4.78, 5) is 14.1. The lowest BCUT2D eigenvalue weighted by Crippen LogP contribution is -2.37. The SMILES string of the molecule is CCCCN(CC)CC(=O)NCc1ccccc1C. The molecule has 1 aromatic carbocycles. The zero-order chi connectivity index (χ0) is 14.1. The van der Waals surface area contributed by atoms with Crippen LogP contribution < -0.4 is 5.32 Å². The molecule has 0 atom stereocenters. The Hall–Kier alpha value is -1.35. The number of amides is 1. The molecule has 106 valence electrons. The quantitative estimate of drug-likeness (QED) is 0.781. The van der Waals surface area contributed by atoms with E-state index in [-0.39, 0.29) is 5.91 Å². The molecule has 19 heavy (non-hydrogen) atoms. The van der Waals surface area contributed by atoms with Gasteiger partial charge in [0.15, 0.2) is 0 Å². The van der Waals surface area contributed by atoms with Crippen molar-refractivity contribution in [1.29, 1.82) is 0 Å². The van der Waals surface area contributed by atoms with Gasteiger partial charge in [-0.15, -0.1) is 0 Å². The Bertz CT molecular complexity index is 390. The first-order chi connectivity index (χ1) is 9.17. The molecule has 0 aromatic heterocycles. The van der Waals surface area contributed by atoms with Crippen LogP contribution in [0, 0.1) is 6.92 Å². The molecule has 0 saturated carbocycles. The molecule has 0 fully saturated rings. The second kappa shape index (κ2) is 8.70. The standard InChI is InChI=1S/C16H26N2O/c1-4-6-11-18(5-2)13-16(19)17-12-15-10-8-7-9-14(15)3/h7-10H,4-6,11-13H2,1-3H3,(H,17,19). The number of unbranched alkanes of at least 4 members (excludes halogenated alkanes) is 1. The molecule has 3 nitrogen and oxygen atoms in total. The highest BCUT2D eigenvalue weighted by Crippen LogP contribution is 2.06. The van der Waals surface area contributed by atoms with E-state index in [1.807, 2.05) is 12.1 Å². The van der Waals surface area contributed by atoms with E-state index >= 15 is 0 Å². The molecule has 0 aliphatic carbocycles. The van der Waals surface area contributed by atoms with Crippen molar-refractivity contribution in [2.24, 2.45) is 0 Å². The van der Waals surface area contributed by atoms with Crippen LogP contribution >= 0.6 is 0 Å². The number of carbonyl (C=O) groups excluding carboxylic acids is 1. The molecule has 1 N–H and O–H groups in total. The highest BCUT2D eigenvalue weighted by Gasteiger charge is 2.08. The zero-order valence-corrected chi connectivity index (χ0v) is 12.4. The molecule has 0 aliphatic rings. The van der Waals surface area contributed by atoms with Gasteiger partial charge in [0.1, 0.15) is 0 Å². The molecule has 3 heteroatoms. The molecule has 0 radical (unpaired) electrons. The van der Waals surface area contributed by atoms with Crippen LogP contribution in [0.4, 0.5) is 0 Å². The van der Waals surface area contributed by atoms with E-state index in [2.05, 4.69) is 43.1 Å². The van der Waals surface area contributed by atoms with Gasteiger partial charge in [0, 0.05) is 6.54 Å². The van der Waals surface area contributed by atoms with E-state index in [4.69, 9.17) is 0 Å². The lowest BCUT2D eigenvalue weighted by Gasteiger charge is -2.19. The molecule has 0 spiro atoms. The fraction of sp³-hybridized carbons (Fsp3) is 0.562. The summed E-state index contributed by atoms with van der Waals surface area (Å²) in [6.45, 7) is 9.40. The van der Waals surface area contributed by atoms with Crippen LogP contribution in [0.2, 0.25) is 0 Å². The number of likely N-dealkylation sites (N-methyl/N-ethyl adjacent to an activating group) is 1. The van der Waals surface area contributed by atoms with Gasteiger partial charge < -0.3 is 5.32 Å². The van der Waals surface area contributed by atoms with Crippen molar-refractivity contribution < 1.29 is 4.79 Å². The van der Waals surface area contributed by atoms with Crippen molar-refractivity contribution in [2.75, 3.05) is 19.6 Å². The zero-order valence-electron chi connectivity index (χ0n) is 12.4. The number of aryl methyl sites for hydroxylation is 1. The molecule has 0 unspecified atom stereocenters. The summed E-state index contributed by atoms with van der Waals surface area (Å²) >= 11 is 0. The van der Waals surface area contributed by atoms with Gasteiger partial charge in [-0.1, -0.05) is 44.5 Å². The number of carbonyl (C=O) groups is 1. The van der Waals surface area contributed by atoms with Gasteiger partial charge in [-0.05, 0) is 37.6 Å². The van der Waals surface area contributed by atoms with Crippen molar-refractivity contribution in [2.45, 2.75) is 40.2 Å². The predicted octanol–water partition coefficient (Wildman–Crippen LogP) is 2.73. The van der Waals surface area contributed by atoms with Crippen molar-refractivity contribution in [3.05, 3.63) is 35.4 Å². The lowest BCUT2D eigenvalue weighted by molar-refractivity contribution is -0.122. The fourth-order valence-corrected chi connectivity index (χ4v) is 1.99. The highest BCUT2D eigenvalue weighted by molar-refractivity contribution is 5.78. The maximum Gasteiger partial charge on any atom is 0.234 e. The summed E-state index contributed by atoms with van der Waals surface area (Å²) in [5, 5.41) is 3.00. The maximum absolute atomic E-state index is 11.9. The first-order valence-corrected chi connectivity index (χ1v) is 7.21. The third-order valence-corrected chi connectivity index (χ3v) is 3.38. The smallest absolute Gasteiger partial charge is 0.234 e. The topological polar surface area (TPSA) is 32.3 Å². The molecule has 0 bridgehead atoms. The first-order valence-electron chi connectivity index (χ1n) is 7.21. The van der Waals surface area contributed by atoms with Gasteiger partial charge in [0.25, 0.3) is 0 Å². The molecule has 0 aliphatic heterocycles. The van der Waals surface area contributed by atoms with Crippen LogP contribution in [0.25, 0.3) is 0 Å². The lowest BCUT2D eigenvalue weighted by atomic mass is 10.1. The van der Waals surface area contributed by atoms with Crippen molar-refractivity contribution in [1.82, 2.24) is 10.2 Å². The molecule has 0 heterocycles. The van der Waals surface area contributed by atoms with E-state index in [1.165, 1.54) is 17.5 Å². The number of hydrogen-bond acceptors (Lipinski definition) is 2. The third-order valence-electron chi connectivity index (χ3n) is 3.38. The van der Waals surface area contributed by atoms with E-state index in [9.17, 15) is 4.79 Å². The van der Waals surface area contributed by atoms with E-state index < -0.39 is 0 Å². The average Bonchev–Trinajstić information content (AvgIpc) is 2.42. The van der Waals surface area contributed by atoms with Crippen LogP contribution in [0.15, 0.2) is 24.3 Å². The monoisotopic (exact) mass is 262 g/mol. The van der Waals surface area contributed by atoms with Gasteiger partial charge in [-0.3, -0.25) is 9.69 Å². The summed E-state index contributed by atoms with van der Waals surface area (Å²) in [6, 6.07) is 8.16. The Balaban J connectivity index is 2.36. The largest absolute Gasteiger partial charge is 0.351 e. The third kappa shape index (κ3) is 5.88. The van der Waals surface area contributed by atoms with Gasteiger partial charge >= 0.3 is 0 Å². The predicted molar refractivity (Wildman–Crippen MR) is 80.0 cm³/mol. The Kier molecular flexibility index (Phi) is 7.19. The van der Waals surface area contributed by atoms with Gasteiger partial charge in [-0.2, -0.15) is 0 Å². The van der Waals surface area contributed by atoms with Crippen LogP contribution in [-0.4, -0.2) is 30.4 Å². The minimum atomic E-state index is 0.112. The summed E-state index contributed by atoms with van der Waals surface area (Å²) in [7, 11) is 0. The maximum atomic E-state index is 11.9. The van der Waals surface area contributed by atoms with E-state index in [0.717, 1.165) is 19.5 Å². The molecule has 1 rings (SSSR count). The Morgan fingerprint density at radius 2 is 2.00 bits per heavy atom.